The Morgan fingerprint density at radius 1 is 1.29 bits per heavy atom. The van der Waals surface area contributed by atoms with Crippen molar-refractivity contribution in [3.05, 3.63) is 40.7 Å². The maximum absolute atomic E-state index is 10.3. The van der Waals surface area contributed by atoms with Crippen molar-refractivity contribution in [1.29, 1.82) is 0 Å². The summed E-state index contributed by atoms with van der Waals surface area (Å²) in [4.78, 5) is 14.6. The third-order valence-electron chi connectivity index (χ3n) is 1.88. The second-order valence-electron chi connectivity index (χ2n) is 2.86. The highest BCUT2D eigenvalue weighted by molar-refractivity contribution is 7.10. The van der Waals surface area contributed by atoms with Crippen LogP contribution in [0.5, 0.6) is 0 Å². The molecule has 0 spiro atoms. The molecule has 0 aliphatic rings. The van der Waals surface area contributed by atoms with Crippen molar-refractivity contribution in [3.63, 3.8) is 0 Å². The summed E-state index contributed by atoms with van der Waals surface area (Å²) in [5.41, 5.74) is 2.05. The number of nitrogens with zero attached hydrogens (tertiary/aromatic N) is 1. The summed E-state index contributed by atoms with van der Waals surface area (Å²) in [6.45, 7) is 0. The molecule has 1 heterocycles. The molecule has 0 amide bonds. The Morgan fingerprint density at radius 3 is 2.79 bits per heavy atom. The Hall–Kier alpha value is -1.48. The molecule has 2 rings (SSSR count). The summed E-state index contributed by atoms with van der Waals surface area (Å²) in [5, 5.41) is 2.85. The van der Waals surface area contributed by atoms with Crippen molar-refractivity contribution in [2.45, 2.75) is 6.42 Å². The number of thiazole rings is 1. The van der Waals surface area contributed by atoms with Crippen LogP contribution in [0.1, 0.15) is 5.01 Å². The summed E-state index contributed by atoms with van der Waals surface area (Å²) in [5.74, 6) is 0. The average molecular weight is 203 g/mol. The normalized spacial score (nSPS) is 10.0. The van der Waals surface area contributed by atoms with Crippen LogP contribution in [-0.2, 0) is 11.2 Å². The number of benzene rings is 1. The van der Waals surface area contributed by atoms with Crippen molar-refractivity contribution >= 4 is 17.6 Å². The molecule has 2 nitrogen and oxygen atoms in total. The molecule has 0 N–H and O–H groups in total. The zero-order valence-corrected chi connectivity index (χ0v) is 8.33. The van der Waals surface area contributed by atoms with Gasteiger partial charge in [0.05, 0.1) is 12.1 Å². The minimum Gasteiger partial charge on any atom is -0.303 e. The fourth-order valence-corrected chi connectivity index (χ4v) is 1.97. The third kappa shape index (κ3) is 1.88. The highest BCUT2D eigenvalue weighted by Gasteiger charge is 2.02. The molecule has 0 atom stereocenters. The Morgan fingerprint density at radius 2 is 2.07 bits per heavy atom. The lowest BCUT2D eigenvalue weighted by Gasteiger charge is -1.93. The van der Waals surface area contributed by atoms with Crippen molar-refractivity contribution in [2.24, 2.45) is 0 Å². The predicted octanol–water partition coefficient (Wildman–Crippen LogP) is 2.55. The fraction of sp³-hybridized carbons (Fsp3) is 0.0909. The maximum Gasteiger partial charge on any atom is 0.126 e. The van der Waals surface area contributed by atoms with Crippen LogP contribution in [0.3, 0.4) is 0 Å². The van der Waals surface area contributed by atoms with E-state index in [0.29, 0.717) is 6.42 Å². The molecule has 0 fully saturated rings. The summed E-state index contributed by atoms with van der Waals surface area (Å²) >= 11 is 1.53. The van der Waals surface area contributed by atoms with Gasteiger partial charge in [-0.05, 0) is 0 Å². The van der Waals surface area contributed by atoms with E-state index >= 15 is 0 Å². The Kier molecular flexibility index (Phi) is 2.70. The van der Waals surface area contributed by atoms with Crippen LogP contribution in [0.2, 0.25) is 0 Å². The second kappa shape index (κ2) is 4.15. The first-order valence-electron chi connectivity index (χ1n) is 4.33. The van der Waals surface area contributed by atoms with Crippen LogP contribution in [0.25, 0.3) is 11.3 Å². The van der Waals surface area contributed by atoms with Crippen LogP contribution in [0.4, 0.5) is 0 Å². The van der Waals surface area contributed by atoms with E-state index in [1.165, 1.54) is 11.3 Å². The molecule has 0 aliphatic heterocycles. The van der Waals surface area contributed by atoms with E-state index in [0.717, 1.165) is 22.6 Å². The minimum absolute atomic E-state index is 0.414. The molecule has 70 valence electrons. The largest absolute Gasteiger partial charge is 0.303 e. The topological polar surface area (TPSA) is 30.0 Å². The summed E-state index contributed by atoms with van der Waals surface area (Å²) < 4.78 is 0. The van der Waals surface area contributed by atoms with Crippen LogP contribution in [0, 0.1) is 0 Å². The van der Waals surface area contributed by atoms with Gasteiger partial charge in [-0.1, -0.05) is 30.3 Å². The molecule has 1 aromatic carbocycles. The number of aldehydes is 1. The van der Waals surface area contributed by atoms with E-state index < -0.39 is 0 Å². The minimum atomic E-state index is 0.414. The first-order chi connectivity index (χ1) is 6.90. The zero-order chi connectivity index (χ0) is 9.80. The van der Waals surface area contributed by atoms with Gasteiger partial charge in [0.25, 0.3) is 0 Å². The smallest absolute Gasteiger partial charge is 0.126 e. The summed E-state index contributed by atoms with van der Waals surface area (Å²) in [6, 6.07) is 9.96. The molecule has 1 aromatic heterocycles. The van der Waals surface area contributed by atoms with E-state index in [1.54, 1.807) is 0 Å². The van der Waals surface area contributed by atoms with Crippen molar-refractivity contribution in [2.75, 3.05) is 0 Å². The highest BCUT2D eigenvalue weighted by atomic mass is 32.1. The van der Waals surface area contributed by atoms with Gasteiger partial charge >= 0.3 is 0 Å². The second-order valence-corrected chi connectivity index (χ2v) is 3.81. The van der Waals surface area contributed by atoms with Crippen molar-refractivity contribution in [1.82, 2.24) is 4.98 Å². The van der Waals surface area contributed by atoms with Gasteiger partial charge in [-0.15, -0.1) is 11.3 Å². The number of carbonyl (C=O) groups is 1. The number of aromatic nitrogens is 1. The van der Waals surface area contributed by atoms with Crippen LogP contribution >= 0.6 is 11.3 Å². The Labute approximate surface area is 86.2 Å². The Balaban J connectivity index is 2.29. The van der Waals surface area contributed by atoms with Crippen molar-refractivity contribution < 1.29 is 4.79 Å². The van der Waals surface area contributed by atoms with Crippen LogP contribution in [0.15, 0.2) is 35.7 Å². The van der Waals surface area contributed by atoms with E-state index in [9.17, 15) is 4.79 Å². The molecular weight excluding hydrogens is 194 g/mol. The first-order valence-corrected chi connectivity index (χ1v) is 5.21. The molecular formula is C11H9NOS. The standard InChI is InChI=1S/C11H9NOS/c13-7-6-11-12-10(8-14-11)9-4-2-1-3-5-9/h1-5,7-8H,6H2. The fourth-order valence-electron chi connectivity index (χ4n) is 1.22. The monoisotopic (exact) mass is 203 g/mol. The highest BCUT2D eigenvalue weighted by Crippen LogP contribution is 2.21. The number of hydrogen-bond donors (Lipinski definition) is 0. The van der Waals surface area contributed by atoms with E-state index in [4.69, 9.17) is 0 Å². The lowest BCUT2D eigenvalue weighted by molar-refractivity contribution is -0.107. The van der Waals surface area contributed by atoms with Gasteiger partial charge < -0.3 is 4.79 Å². The van der Waals surface area contributed by atoms with Crippen LogP contribution in [-0.4, -0.2) is 11.3 Å². The predicted molar refractivity (Wildman–Crippen MR) is 57.3 cm³/mol. The molecule has 0 bridgehead atoms. The van der Waals surface area contributed by atoms with Gasteiger partial charge in [0, 0.05) is 10.9 Å². The van der Waals surface area contributed by atoms with Gasteiger partial charge in [-0.2, -0.15) is 0 Å². The molecule has 2 aromatic rings. The maximum atomic E-state index is 10.3. The average Bonchev–Trinajstić information content (AvgIpc) is 2.68. The SMILES string of the molecule is O=CCc1nc(-c2ccccc2)cs1. The molecule has 0 saturated carbocycles. The van der Waals surface area contributed by atoms with Gasteiger partial charge in [0.1, 0.15) is 11.3 Å². The molecule has 3 heteroatoms. The Bertz CT molecular complexity index is 422. The molecule has 0 saturated heterocycles. The molecule has 0 radical (unpaired) electrons. The van der Waals surface area contributed by atoms with Gasteiger partial charge in [0.15, 0.2) is 0 Å². The lowest BCUT2D eigenvalue weighted by Crippen LogP contribution is -1.84. The van der Waals surface area contributed by atoms with Gasteiger partial charge in [0.2, 0.25) is 0 Å². The van der Waals surface area contributed by atoms with E-state index in [1.807, 2.05) is 35.7 Å². The van der Waals surface area contributed by atoms with Gasteiger partial charge in [-0.3, -0.25) is 0 Å². The number of rotatable bonds is 3. The van der Waals surface area contributed by atoms with Crippen LogP contribution < -0.4 is 0 Å². The lowest BCUT2D eigenvalue weighted by atomic mass is 10.2. The zero-order valence-electron chi connectivity index (χ0n) is 7.51. The third-order valence-corrected chi connectivity index (χ3v) is 2.75. The molecule has 14 heavy (non-hydrogen) atoms. The number of hydrogen-bond acceptors (Lipinski definition) is 3. The van der Waals surface area contributed by atoms with Gasteiger partial charge in [-0.25, -0.2) is 4.98 Å². The molecule has 0 aliphatic carbocycles. The number of carbonyl (C=O) groups excluding carboxylic acids is 1. The molecule has 0 unspecified atom stereocenters. The van der Waals surface area contributed by atoms with E-state index in [2.05, 4.69) is 4.98 Å². The summed E-state index contributed by atoms with van der Waals surface area (Å²) in [6.07, 6.45) is 1.30. The first kappa shape index (κ1) is 9.09. The van der Waals surface area contributed by atoms with Crippen molar-refractivity contribution in [3.8, 4) is 11.3 Å². The summed E-state index contributed by atoms with van der Waals surface area (Å²) in [7, 11) is 0. The van der Waals surface area contributed by atoms with E-state index in [-0.39, 0.29) is 0 Å². The quantitative estimate of drug-likeness (QED) is 0.717.